The molecule has 0 radical (unpaired) electrons. The predicted molar refractivity (Wildman–Crippen MR) is 76.5 cm³/mol. The van der Waals surface area contributed by atoms with Crippen molar-refractivity contribution in [3.63, 3.8) is 0 Å². The quantitative estimate of drug-likeness (QED) is 0.820. The normalized spacial score (nSPS) is 17.7. The molecule has 4 nitrogen and oxygen atoms in total. The molecule has 1 aromatic carbocycles. The van der Waals surface area contributed by atoms with Crippen LogP contribution in [-0.2, 0) is 0 Å². The van der Waals surface area contributed by atoms with E-state index in [0.717, 1.165) is 30.4 Å². The van der Waals surface area contributed by atoms with Crippen LogP contribution in [0.15, 0.2) is 22.7 Å². The molecule has 2 rings (SSSR count). The number of halogens is 1. The summed E-state index contributed by atoms with van der Waals surface area (Å²) in [5.41, 5.74) is 6.91. The van der Waals surface area contributed by atoms with Crippen molar-refractivity contribution in [1.82, 2.24) is 10.2 Å². The molecule has 0 spiro atoms. The van der Waals surface area contributed by atoms with Crippen molar-refractivity contribution >= 4 is 27.5 Å². The van der Waals surface area contributed by atoms with Gasteiger partial charge in [-0.15, -0.1) is 0 Å². The molecule has 1 saturated heterocycles. The molecule has 1 heterocycles. The number of hydrogen-bond donors (Lipinski definition) is 2. The van der Waals surface area contributed by atoms with Gasteiger partial charge in [-0.25, -0.2) is 0 Å². The number of nitrogen functional groups attached to an aromatic ring is 1. The molecule has 1 aliphatic rings. The molecule has 18 heavy (non-hydrogen) atoms. The summed E-state index contributed by atoms with van der Waals surface area (Å²) in [4.78, 5) is 14.4. The Labute approximate surface area is 116 Å². The molecule has 5 heteroatoms. The van der Waals surface area contributed by atoms with E-state index in [2.05, 4.69) is 33.2 Å². The van der Waals surface area contributed by atoms with E-state index in [1.807, 2.05) is 6.07 Å². The van der Waals surface area contributed by atoms with E-state index < -0.39 is 0 Å². The van der Waals surface area contributed by atoms with Gasteiger partial charge in [-0.3, -0.25) is 4.79 Å². The Morgan fingerprint density at radius 3 is 2.72 bits per heavy atom. The van der Waals surface area contributed by atoms with E-state index in [0.29, 0.717) is 11.3 Å². The number of benzene rings is 1. The lowest BCUT2D eigenvalue weighted by atomic mass is 10.0. The lowest BCUT2D eigenvalue weighted by Gasteiger charge is -2.29. The zero-order chi connectivity index (χ0) is 13.1. The minimum absolute atomic E-state index is 0.0745. The van der Waals surface area contributed by atoms with Crippen LogP contribution in [0.4, 0.5) is 5.69 Å². The maximum Gasteiger partial charge on any atom is 0.253 e. The molecule has 1 aromatic rings. The number of amides is 1. The Bertz CT molecular complexity index is 442. The number of piperidine rings is 1. The highest BCUT2D eigenvalue weighted by Gasteiger charge is 2.19. The first-order chi connectivity index (χ1) is 8.56. The number of carbonyl (C=O) groups is 1. The largest absolute Gasteiger partial charge is 0.398 e. The maximum absolute atomic E-state index is 12.1. The third-order valence-corrected chi connectivity index (χ3v) is 3.81. The van der Waals surface area contributed by atoms with Crippen molar-refractivity contribution in [3.8, 4) is 0 Å². The van der Waals surface area contributed by atoms with Crippen molar-refractivity contribution in [2.24, 2.45) is 0 Å². The van der Waals surface area contributed by atoms with Gasteiger partial charge in [-0.05, 0) is 51.2 Å². The van der Waals surface area contributed by atoms with Crippen molar-refractivity contribution in [2.75, 3.05) is 25.9 Å². The summed E-state index contributed by atoms with van der Waals surface area (Å²) in [6, 6.07) is 5.60. The molecule has 0 unspecified atom stereocenters. The SMILES string of the molecule is CN1CCC(NC(=O)c2ccc(Br)cc2N)CC1. The van der Waals surface area contributed by atoms with E-state index in [1.165, 1.54) is 0 Å². The van der Waals surface area contributed by atoms with Crippen LogP contribution in [0.3, 0.4) is 0 Å². The van der Waals surface area contributed by atoms with Crippen molar-refractivity contribution in [3.05, 3.63) is 28.2 Å². The Morgan fingerprint density at radius 2 is 2.11 bits per heavy atom. The average Bonchev–Trinajstić information content (AvgIpc) is 2.32. The van der Waals surface area contributed by atoms with E-state index in [9.17, 15) is 4.79 Å². The second-order valence-corrected chi connectivity index (χ2v) is 5.70. The standard InChI is InChI=1S/C13H18BrN3O/c1-17-6-4-10(5-7-17)16-13(18)11-3-2-9(14)8-12(11)15/h2-3,8,10H,4-7,15H2,1H3,(H,16,18). The zero-order valence-corrected chi connectivity index (χ0v) is 12.0. The Morgan fingerprint density at radius 1 is 1.44 bits per heavy atom. The van der Waals surface area contributed by atoms with Gasteiger partial charge in [0.2, 0.25) is 0 Å². The van der Waals surface area contributed by atoms with Crippen LogP contribution in [0.2, 0.25) is 0 Å². The molecule has 1 amide bonds. The molecule has 0 saturated carbocycles. The molecular weight excluding hydrogens is 294 g/mol. The van der Waals surface area contributed by atoms with Crippen LogP contribution in [0.25, 0.3) is 0 Å². The lowest BCUT2D eigenvalue weighted by Crippen LogP contribution is -2.43. The van der Waals surface area contributed by atoms with Gasteiger partial charge in [0.1, 0.15) is 0 Å². The number of nitrogens with zero attached hydrogens (tertiary/aromatic N) is 1. The molecule has 1 aliphatic heterocycles. The maximum atomic E-state index is 12.1. The van der Waals surface area contributed by atoms with Gasteiger partial charge in [0, 0.05) is 16.2 Å². The van der Waals surface area contributed by atoms with Gasteiger partial charge in [0.15, 0.2) is 0 Å². The van der Waals surface area contributed by atoms with E-state index in [4.69, 9.17) is 5.73 Å². The summed E-state index contributed by atoms with van der Waals surface area (Å²) in [6.07, 6.45) is 2.00. The summed E-state index contributed by atoms with van der Waals surface area (Å²) in [7, 11) is 2.10. The van der Waals surface area contributed by atoms with Gasteiger partial charge >= 0.3 is 0 Å². The molecule has 3 N–H and O–H groups in total. The van der Waals surface area contributed by atoms with Crippen molar-refractivity contribution in [1.29, 1.82) is 0 Å². The van der Waals surface area contributed by atoms with Crippen LogP contribution < -0.4 is 11.1 Å². The monoisotopic (exact) mass is 311 g/mol. The third-order valence-electron chi connectivity index (χ3n) is 3.31. The second kappa shape index (κ2) is 5.71. The minimum atomic E-state index is -0.0745. The second-order valence-electron chi connectivity index (χ2n) is 4.78. The number of nitrogens with two attached hydrogens (primary N) is 1. The van der Waals surface area contributed by atoms with E-state index in [-0.39, 0.29) is 11.9 Å². The summed E-state index contributed by atoms with van der Waals surface area (Å²) < 4.78 is 0.885. The zero-order valence-electron chi connectivity index (χ0n) is 10.4. The van der Waals surface area contributed by atoms with Gasteiger partial charge in [-0.1, -0.05) is 15.9 Å². The van der Waals surface area contributed by atoms with Gasteiger partial charge in [0.05, 0.1) is 5.56 Å². The van der Waals surface area contributed by atoms with Crippen molar-refractivity contribution < 1.29 is 4.79 Å². The summed E-state index contributed by atoms with van der Waals surface area (Å²) in [6.45, 7) is 2.06. The van der Waals surface area contributed by atoms with E-state index in [1.54, 1.807) is 12.1 Å². The van der Waals surface area contributed by atoms with Gasteiger partial charge in [0.25, 0.3) is 5.91 Å². The highest BCUT2D eigenvalue weighted by Crippen LogP contribution is 2.19. The molecule has 1 fully saturated rings. The first-order valence-electron chi connectivity index (χ1n) is 6.10. The number of nitrogens with one attached hydrogen (secondary N) is 1. The van der Waals surface area contributed by atoms with Crippen LogP contribution in [-0.4, -0.2) is 37.0 Å². The molecule has 0 aromatic heterocycles. The number of carbonyl (C=O) groups excluding carboxylic acids is 1. The Hall–Kier alpha value is -1.07. The number of likely N-dealkylation sites (tertiary alicyclic amines) is 1. The fourth-order valence-electron chi connectivity index (χ4n) is 2.16. The summed E-state index contributed by atoms with van der Waals surface area (Å²) >= 11 is 3.33. The molecule has 0 bridgehead atoms. The Balaban J connectivity index is 1.99. The van der Waals surface area contributed by atoms with Gasteiger partial charge in [-0.2, -0.15) is 0 Å². The van der Waals surface area contributed by atoms with Crippen LogP contribution in [0, 0.1) is 0 Å². The van der Waals surface area contributed by atoms with Gasteiger partial charge < -0.3 is 16.0 Å². The fourth-order valence-corrected chi connectivity index (χ4v) is 2.54. The van der Waals surface area contributed by atoms with E-state index >= 15 is 0 Å². The molecule has 0 atom stereocenters. The minimum Gasteiger partial charge on any atom is -0.398 e. The topological polar surface area (TPSA) is 58.4 Å². The first-order valence-corrected chi connectivity index (χ1v) is 6.90. The summed E-state index contributed by atoms with van der Waals surface area (Å²) in [5.74, 6) is -0.0745. The third kappa shape index (κ3) is 3.23. The first kappa shape index (κ1) is 13.4. The molecular formula is C13H18BrN3O. The number of rotatable bonds is 2. The van der Waals surface area contributed by atoms with Crippen LogP contribution in [0.1, 0.15) is 23.2 Å². The fraction of sp³-hybridized carbons (Fsp3) is 0.462. The van der Waals surface area contributed by atoms with Crippen LogP contribution >= 0.6 is 15.9 Å². The number of hydrogen-bond acceptors (Lipinski definition) is 3. The van der Waals surface area contributed by atoms with Crippen LogP contribution in [0.5, 0.6) is 0 Å². The highest BCUT2D eigenvalue weighted by molar-refractivity contribution is 9.10. The molecule has 98 valence electrons. The van der Waals surface area contributed by atoms with Crippen molar-refractivity contribution in [2.45, 2.75) is 18.9 Å². The lowest BCUT2D eigenvalue weighted by molar-refractivity contribution is 0.0918. The molecule has 0 aliphatic carbocycles. The smallest absolute Gasteiger partial charge is 0.253 e. The predicted octanol–water partition coefficient (Wildman–Crippen LogP) is 1.86. The summed E-state index contributed by atoms with van der Waals surface area (Å²) in [5, 5.41) is 3.06. The average molecular weight is 312 g/mol. The number of anilines is 1. The Kier molecular flexibility index (Phi) is 4.24. The highest BCUT2D eigenvalue weighted by atomic mass is 79.9.